The van der Waals surface area contributed by atoms with Crippen LogP contribution in [0.1, 0.15) is 25.6 Å². The molecule has 1 saturated heterocycles. The van der Waals surface area contributed by atoms with Gasteiger partial charge < -0.3 is 10.0 Å². The second-order valence-corrected chi connectivity index (χ2v) is 6.93. The van der Waals surface area contributed by atoms with Crippen LogP contribution in [0.15, 0.2) is 0 Å². The minimum Gasteiger partial charge on any atom is -0.391 e. The molecule has 0 spiro atoms. The number of piperazine rings is 1. The van der Waals surface area contributed by atoms with Crippen LogP contribution >= 0.6 is 22.9 Å². The van der Waals surface area contributed by atoms with Crippen molar-refractivity contribution in [1.29, 1.82) is 0 Å². The summed E-state index contributed by atoms with van der Waals surface area (Å²) in [6.07, 6.45) is 0. The number of hydrogen-bond donors (Lipinski definition) is 1. The molecule has 0 aliphatic carbocycles. The Bertz CT molecular complexity index is 408. The largest absolute Gasteiger partial charge is 0.391 e. The molecule has 6 heteroatoms. The number of anilines is 1. The molecule has 1 fully saturated rings. The Labute approximate surface area is 117 Å². The minimum absolute atomic E-state index is 0.0293. The summed E-state index contributed by atoms with van der Waals surface area (Å²) in [6, 6.07) is 0. The number of nitrogens with zero attached hydrogens (tertiary/aromatic N) is 3. The topological polar surface area (TPSA) is 39.6 Å². The van der Waals surface area contributed by atoms with Crippen molar-refractivity contribution in [3.63, 3.8) is 0 Å². The molecule has 0 aromatic carbocycles. The maximum Gasteiger partial charge on any atom is 0.187 e. The number of aliphatic hydroxyl groups is 1. The fraction of sp³-hybridized carbons (Fsp3) is 0.750. The lowest BCUT2D eigenvalue weighted by Crippen LogP contribution is -2.53. The average molecular weight is 290 g/mol. The van der Waals surface area contributed by atoms with Gasteiger partial charge in [0.15, 0.2) is 5.13 Å². The first kappa shape index (κ1) is 14.1. The minimum atomic E-state index is -0.0293. The van der Waals surface area contributed by atoms with Crippen molar-refractivity contribution in [1.82, 2.24) is 9.88 Å². The average Bonchev–Trinajstić information content (AvgIpc) is 2.69. The van der Waals surface area contributed by atoms with E-state index in [0.717, 1.165) is 36.2 Å². The quantitative estimate of drug-likeness (QED) is 0.906. The highest BCUT2D eigenvalue weighted by atomic mass is 35.5. The summed E-state index contributed by atoms with van der Waals surface area (Å²) in [5.74, 6) is 0. The van der Waals surface area contributed by atoms with Crippen LogP contribution in [-0.2, 0) is 6.61 Å². The van der Waals surface area contributed by atoms with E-state index in [1.165, 1.54) is 11.3 Å². The number of halogens is 1. The van der Waals surface area contributed by atoms with Crippen molar-refractivity contribution in [3.8, 4) is 0 Å². The van der Waals surface area contributed by atoms with E-state index in [1.807, 2.05) is 0 Å². The van der Waals surface area contributed by atoms with E-state index in [4.69, 9.17) is 16.7 Å². The lowest BCUT2D eigenvalue weighted by atomic mass is 10.1. The molecule has 0 atom stereocenters. The molecule has 102 valence electrons. The van der Waals surface area contributed by atoms with E-state index in [1.54, 1.807) is 0 Å². The molecule has 0 radical (unpaired) electrons. The highest BCUT2D eigenvalue weighted by molar-refractivity contribution is 7.16. The van der Waals surface area contributed by atoms with Crippen LogP contribution in [-0.4, -0.2) is 46.7 Å². The SMILES string of the molecule is CC(C)(C)N1CCN(c2nc(Cl)c(CO)s2)CC1. The van der Waals surface area contributed by atoms with E-state index < -0.39 is 0 Å². The second kappa shape index (κ2) is 5.33. The molecule has 0 saturated carbocycles. The maximum atomic E-state index is 9.14. The van der Waals surface area contributed by atoms with Crippen LogP contribution in [0, 0.1) is 0 Å². The van der Waals surface area contributed by atoms with Crippen molar-refractivity contribution >= 4 is 28.1 Å². The van der Waals surface area contributed by atoms with Gasteiger partial charge in [0.2, 0.25) is 0 Å². The molecule has 1 aromatic heterocycles. The maximum absolute atomic E-state index is 9.14. The molecule has 0 unspecified atom stereocenters. The van der Waals surface area contributed by atoms with Gasteiger partial charge >= 0.3 is 0 Å². The van der Waals surface area contributed by atoms with E-state index in [0.29, 0.717) is 5.15 Å². The van der Waals surface area contributed by atoms with Gasteiger partial charge in [0.25, 0.3) is 0 Å². The summed E-state index contributed by atoms with van der Waals surface area (Å²) in [5.41, 5.74) is 0.225. The van der Waals surface area contributed by atoms with Crippen LogP contribution in [0.3, 0.4) is 0 Å². The Kier molecular flexibility index (Phi) is 4.16. The Morgan fingerprint density at radius 2 is 1.89 bits per heavy atom. The van der Waals surface area contributed by atoms with Crippen molar-refractivity contribution in [2.45, 2.75) is 32.9 Å². The predicted molar refractivity (Wildman–Crippen MR) is 76.6 cm³/mol. The third-order valence-corrected chi connectivity index (χ3v) is 4.81. The van der Waals surface area contributed by atoms with Gasteiger partial charge in [-0.3, -0.25) is 4.90 Å². The number of aromatic nitrogens is 1. The number of aliphatic hydroxyl groups excluding tert-OH is 1. The number of hydrogen-bond acceptors (Lipinski definition) is 5. The third-order valence-electron chi connectivity index (χ3n) is 3.28. The summed E-state index contributed by atoms with van der Waals surface area (Å²) in [5, 5.41) is 10.5. The molecule has 0 bridgehead atoms. The highest BCUT2D eigenvalue weighted by Gasteiger charge is 2.27. The first-order valence-electron chi connectivity index (χ1n) is 6.18. The molecule has 1 aliphatic heterocycles. The predicted octanol–water partition coefficient (Wildman–Crippen LogP) is 2.21. The van der Waals surface area contributed by atoms with Crippen LogP contribution in [0.25, 0.3) is 0 Å². The van der Waals surface area contributed by atoms with Gasteiger partial charge in [-0.2, -0.15) is 0 Å². The Hall–Kier alpha value is -0.360. The van der Waals surface area contributed by atoms with Crippen molar-refractivity contribution < 1.29 is 5.11 Å². The van der Waals surface area contributed by atoms with Gasteiger partial charge in [-0.05, 0) is 20.8 Å². The van der Waals surface area contributed by atoms with Gasteiger partial charge in [0.05, 0.1) is 11.5 Å². The third kappa shape index (κ3) is 2.96. The molecule has 1 aliphatic rings. The zero-order valence-corrected chi connectivity index (χ0v) is 12.7. The summed E-state index contributed by atoms with van der Waals surface area (Å²) >= 11 is 7.46. The van der Waals surface area contributed by atoms with Crippen LogP contribution in [0.4, 0.5) is 5.13 Å². The zero-order valence-electron chi connectivity index (χ0n) is 11.1. The standard InChI is InChI=1S/C12H20ClN3OS/c1-12(2,3)16-6-4-15(5-7-16)11-14-10(13)9(8-17)18-11/h17H,4-8H2,1-3H3. The molecule has 0 amide bonds. The molecule has 1 aromatic rings. The molecule has 2 heterocycles. The molecule has 1 N–H and O–H groups in total. The van der Waals surface area contributed by atoms with E-state index >= 15 is 0 Å². The van der Waals surface area contributed by atoms with Crippen LogP contribution < -0.4 is 4.90 Å². The number of thiazole rings is 1. The van der Waals surface area contributed by atoms with E-state index in [-0.39, 0.29) is 12.1 Å². The normalized spacial score (nSPS) is 18.4. The molecule has 4 nitrogen and oxygen atoms in total. The van der Waals surface area contributed by atoms with Crippen LogP contribution in [0.2, 0.25) is 5.15 Å². The highest BCUT2D eigenvalue weighted by Crippen LogP contribution is 2.30. The first-order chi connectivity index (χ1) is 8.41. The molecule has 18 heavy (non-hydrogen) atoms. The number of rotatable bonds is 2. The lowest BCUT2D eigenvalue weighted by Gasteiger charge is -2.42. The van der Waals surface area contributed by atoms with Crippen molar-refractivity contribution in [3.05, 3.63) is 10.0 Å². The lowest BCUT2D eigenvalue weighted by molar-refractivity contribution is 0.128. The fourth-order valence-corrected chi connectivity index (χ4v) is 3.29. The first-order valence-corrected chi connectivity index (χ1v) is 7.37. The van der Waals surface area contributed by atoms with Gasteiger partial charge in [-0.1, -0.05) is 22.9 Å². The fourth-order valence-electron chi connectivity index (χ4n) is 2.12. The van der Waals surface area contributed by atoms with Crippen LogP contribution in [0.5, 0.6) is 0 Å². The van der Waals surface area contributed by atoms with Gasteiger partial charge in [0.1, 0.15) is 5.15 Å². The Morgan fingerprint density at radius 3 is 2.33 bits per heavy atom. The van der Waals surface area contributed by atoms with E-state index in [9.17, 15) is 0 Å². The molecular weight excluding hydrogens is 270 g/mol. The monoisotopic (exact) mass is 289 g/mol. The zero-order chi connectivity index (χ0) is 13.3. The van der Waals surface area contributed by atoms with Crippen molar-refractivity contribution in [2.75, 3.05) is 31.1 Å². The van der Waals surface area contributed by atoms with Gasteiger partial charge in [-0.15, -0.1) is 0 Å². The Morgan fingerprint density at radius 1 is 1.28 bits per heavy atom. The molecule has 2 rings (SSSR count). The van der Waals surface area contributed by atoms with Gasteiger partial charge in [0, 0.05) is 31.7 Å². The summed E-state index contributed by atoms with van der Waals surface area (Å²) in [4.78, 5) is 9.80. The second-order valence-electron chi connectivity index (χ2n) is 5.51. The summed E-state index contributed by atoms with van der Waals surface area (Å²) < 4.78 is 0. The Balaban J connectivity index is 2.01. The van der Waals surface area contributed by atoms with Crippen molar-refractivity contribution in [2.24, 2.45) is 0 Å². The summed E-state index contributed by atoms with van der Waals surface area (Å²) in [7, 11) is 0. The smallest absolute Gasteiger partial charge is 0.187 e. The van der Waals surface area contributed by atoms with Gasteiger partial charge in [-0.25, -0.2) is 4.98 Å². The summed E-state index contributed by atoms with van der Waals surface area (Å²) in [6.45, 7) is 10.7. The molecular formula is C12H20ClN3OS. The van der Waals surface area contributed by atoms with E-state index in [2.05, 4.69) is 35.6 Å².